The Bertz CT molecular complexity index is 1440. The van der Waals surface area contributed by atoms with Crippen LogP contribution in [-0.2, 0) is 10.1 Å². The average molecular weight is 390 g/mol. The zero-order valence-corrected chi connectivity index (χ0v) is 15.2. The van der Waals surface area contributed by atoms with Gasteiger partial charge in [0.1, 0.15) is 4.90 Å². The standard InChI is InChI=1S/C20H14N4O3S/c25-28(26,27)20-18-7-5-16(23-18)10-14-3-1-12(21-14)9-13-2-4-15(22-13)11-17-6-8-19(20)24-17/h1-11,21,23H,(H,25,26,27). The summed E-state index contributed by atoms with van der Waals surface area (Å²) in [6, 6.07) is 12.7. The van der Waals surface area contributed by atoms with Gasteiger partial charge in [0.05, 0.1) is 28.3 Å². The van der Waals surface area contributed by atoms with E-state index in [2.05, 4.69) is 19.9 Å². The number of nitrogens with zero attached hydrogens (tertiary/aromatic N) is 2. The van der Waals surface area contributed by atoms with Gasteiger partial charge < -0.3 is 9.97 Å². The first kappa shape index (κ1) is 16.7. The van der Waals surface area contributed by atoms with Crippen molar-refractivity contribution in [2.75, 3.05) is 0 Å². The summed E-state index contributed by atoms with van der Waals surface area (Å²) in [5.74, 6) is 0. The second-order valence-corrected chi connectivity index (χ2v) is 7.84. The van der Waals surface area contributed by atoms with Gasteiger partial charge in [-0.15, -0.1) is 0 Å². The molecule has 7 nitrogen and oxygen atoms in total. The lowest BCUT2D eigenvalue weighted by Gasteiger charge is -1.98. The first-order valence-corrected chi connectivity index (χ1v) is 9.93. The maximum absolute atomic E-state index is 12.1. The second-order valence-electron chi connectivity index (χ2n) is 6.48. The van der Waals surface area contributed by atoms with Crippen LogP contribution in [0.15, 0.2) is 47.4 Å². The van der Waals surface area contributed by atoms with Crippen LogP contribution in [0, 0.1) is 0 Å². The Morgan fingerprint density at radius 1 is 0.714 bits per heavy atom. The van der Waals surface area contributed by atoms with Crippen molar-refractivity contribution >= 4 is 56.5 Å². The van der Waals surface area contributed by atoms with Crippen LogP contribution in [0.3, 0.4) is 0 Å². The Morgan fingerprint density at radius 2 is 1.32 bits per heavy atom. The SMILES string of the molecule is O=S(=O)(O)c1c2nc(cc3nc(cc4ccc(cc5ccc1[nH]5)[nH]4)C=C3)C=C2. The largest absolute Gasteiger partial charge is 0.355 e. The van der Waals surface area contributed by atoms with E-state index < -0.39 is 10.1 Å². The van der Waals surface area contributed by atoms with Crippen LogP contribution < -0.4 is 0 Å². The van der Waals surface area contributed by atoms with Gasteiger partial charge in [-0.05, 0) is 66.8 Å². The molecular formula is C20H14N4O3S. The third kappa shape index (κ3) is 3.04. The summed E-state index contributed by atoms with van der Waals surface area (Å²) in [7, 11) is -4.50. The number of aromatic amines is 2. The minimum absolute atomic E-state index is 0.162. The van der Waals surface area contributed by atoms with Gasteiger partial charge in [0.2, 0.25) is 0 Å². The lowest BCUT2D eigenvalue weighted by atomic mass is 10.3. The van der Waals surface area contributed by atoms with Crippen molar-refractivity contribution in [2.45, 2.75) is 4.90 Å². The molecular weight excluding hydrogens is 376 g/mol. The van der Waals surface area contributed by atoms with Crippen molar-refractivity contribution in [1.82, 2.24) is 19.9 Å². The third-order valence-electron chi connectivity index (χ3n) is 4.43. The average Bonchev–Trinajstić information content (AvgIpc) is 3.38. The van der Waals surface area contributed by atoms with Crippen LogP contribution in [0.1, 0.15) is 22.8 Å². The molecule has 0 fully saturated rings. The third-order valence-corrected chi connectivity index (χ3v) is 5.37. The Morgan fingerprint density at radius 3 is 2.11 bits per heavy atom. The van der Waals surface area contributed by atoms with Crippen molar-refractivity contribution in [3.8, 4) is 0 Å². The van der Waals surface area contributed by atoms with E-state index in [4.69, 9.17) is 0 Å². The van der Waals surface area contributed by atoms with Crippen LogP contribution in [0.4, 0.5) is 0 Å². The molecule has 0 spiro atoms. The molecule has 8 bridgehead atoms. The minimum Gasteiger partial charge on any atom is -0.355 e. The summed E-state index contributed by atoms with van der Waals surface area (Å²) in [5, 5.41) is 0. The summed E-state index contributed by atoms with van der Waals surface area (Å²) in [4.78, 5) is 14.9. The van der Waals surface area contributed by atoms with E-state index in [1.54, 1.807) is 30.4 Å². The van der Waals surface area contributed by atoms with Crippen molar-refractivity contribution in [2.24, 2.45) is 0 Å². The van der Waals surface area contributed by atoms with Gasteiger partial charge >= 0.3 is 0 Å². The molecule has 138 valence electrons. The molecule has 8 heteroatoms. The number of rotatable bonds is 1. The van der Waals surface area contributed by atoms with E-state index in [0.29, 0.717) is 16.9 Å². The Labute approximate surface area is 159 Å². The van der Waals surface area contributed by atoms with Crippen LogP contribution >= 0.6 is 0 Å². The lowest BCUT2D eigenvalue weighted by Crippen LogP contribution is -2.01. The summed E-state index contributed by atoms with van der Waals surface area (Å²) >= 11 is 0. The summed E-state index contributed by atoms with van der Waals surface area (Å²) in [6.07, 6.45) is 7.00. The molecule has 0 aromatic carbocycles. The predicted octanol–water partition coefficient (Wildman–Crippen LogP) is 3.90. The predicted molar refractivity (Wildman–Crippen MR) is 109 cm³/mol. The molecule has 5 heterocycles. The normalized spacial score (nSPS) is 13.2. The molecule has 0 radical (unpaired) electrons. The van der Waals surface area contributed by atoms with E-state index in [1.807, 2.05) is 36.4 Å². The molecule has 3 aromatic heterocycles. The quantitative estimate of drug-likeness (QED) is 0.376. The van der Waals surface area contributed by atoms with Gasteiger partial charge in [-0.3, -0.25) is 4.55 Å². The highest BCUT2D eigenvalue weighted by Crippen LogP contribution is 2.24. The maximum Gasteiger partial charge on any atom is 0.298 e. The van der Waals surface area contributed by atoms with Crippen molar-refractivity contribution in [1.29, 1.82) is 0 Å². The van der Waals surface area contributed by atoms with Gasteiger partial charge in [0.15, 0.2) is 0 Å². The number of aromatic nitrogens is 4. The van der Waals surface area contributed by atoms with E-state index in [1.165, 1.54) is 0 Å². The second kappa shape index (κ2) is 6.01. The fourth-order valence-corrected chi connectivity index (χ4v) is 4.03. The van der Waals surface area contributed by atoms with Crippen LogP contribution in [0.25, 0.3) is 46.4 Å². The number of nitrogens with one attached hydrogen (secondary N) is 2. The highest BCUT2D eigenvalue weighted by Gasteiger charge is 2.19. The van der Waals surface area contributed by atoms with Crippen molar-refractivity contribution in [3.63, 3.8) is 0 Å². The molecule has 0 saturated carbocycles. The molecule has 0 aliphatic carbocycles. The molecule has 28 heavy (non-hydrogen) atoms. The van der Waals surface area contributed by atoms with Crippen molar-refractivity contribution < 1.29 is 13.0 Å². The highest BCUT2D eigenvalue weighted by atomic mass is 32.2. The topological polar surface area (TPSA) is 112 Å². The van der Waals surface area contributed by atoms with Gasteiger partial charge in [0.25, 0.3) is 10.1 Å². The number of hydrogen-bond acceptors (Lipinski definition) is 4. The molecule has 0 unspecified atom stereocenters. The van der Waals surface area contributed by atoms with Gasteiger partial charge in [-0.1, -0.05) is 0 Å². The monoisotopic (exact) mass is 390 g/mol. The van der Waals surface area contributed by atoms with Crippen LogP contribution in [0.5, 0.6) is 0 Å². The van der Waals surface area contributed by atoms with E-state index >= 15 is 0 Å². The Balaban J connectivity index is 1.93. The summed E-state index contributed by atoms with van der Waals surface area (Å²) < 4.78 is 33.9. The maximum atomic E-state index is 12.1. The lowest BCUT2D eigenvalue weighted by molar-refractivity contribution is 0.483. The zero-order chi connectivity index (χ0) is 19.3. The van der Waals surface area contributed by atoms with Gasteiger partial charge in [0, 0.05) is 16.6 Å². The smallest absolute Gasteiger partial charge is 0.298 e. The summed E-state index contributed by atoms with van der Waals surface area (Å²) in [6.45, 7) is 0. The van der Waals surface area contributed by atoms with E-state index in [9.17, 15) is 13.0 Å². The molecule has 2 aliphatic heterocycles. The van der Waals surface area contributed by atoms with E-state index in [0.717, 1.165) is 16.7 Å². The fourth-order valence-electron chi connectivity index (χ4n) is 3.25. The van der Waals surface area contributed by atoms with Crippen LogP contribution in [-0.4, -0.2) is 32.9 Å². The summed E-state index contributed by atoms with van der Waals surface area (Å²) in [5.41, 5.74) is 4.90. The molecule has 0 saturated heterocycles. The molecule has 0 amide bonds. The molecule has 3 N–H and O–H groups in total. The number of H-pyrrole nitrogens is 2. The fraction of sp³-hybridized carbons (Fsp3) is 0. The zero-order valence-electron chi connectivity index (χ0n) is 14.4. The number of hydrogen-bond donors (Lipinski definition) is 3. The number of fused-ring (bicyclic) bond motifs is 8. The Hall–Kier alpha value is -3.49. The molecule has 5 rings (SSSR count). The molecule has 2 aliphatic rings. The minimum atomic E-state index is -4.50. The van der Waals surface area contributed by atoms with Crippen molar-refractivity contribution in [3.05, 3.63) is 65.2 Å². The Kier molecular flexibility index (Phi) is 3.58. The first-order valence-electron chi connectivity index (χ1n) is 8.49. The van der Waals surface area contributed by atoms with Gasteiger partial charge in [-0.25, -0.2) is 9.97 Å². The van der Waals surface area contributed by atoms with Gasteiger partial charge in [-0.2, -0.15) is 8.42 Å². The first-order chi connectivity index (χ1) is 13.4. The van der Waals surface area contributed by atoms with E-state index in [-0.39, 0.29) is 16.1 Å². The molecule has 0 atom stereocenters. The van der Waals surface area contributed by atoms with Crippen LogP contribution in [0.2, 0.25) is 0 Å². The molecule has 3 aromatic rings. The highest BCUT2D eigenvalue weighted by molar-refractivity contribution is 7.86.